The van der Waals surface area contributed by atoms with E-state index in [1.54, 1.807) is 23.5 Å². The number of amides is 1. The molecule has 1 heterocycles. The van der Waals surface area contributed by atoms with Crippen LogP contribution in [0, 0.1) is 0 Å². The third-order valence-corrected chi connectivity index (χ3v) is 5.55. The fourth-order valence-electron chi connectivity index (χ4n) is 2.70. The van der Waals surface area contributed by atoms with Gasteiger partial charge in [0.2, 0.25) is 5.91 Å². The van der Waals surface area contributed by atoms with Gasteiger partial charge in [-0.2, -0.15) is 0 Å². The van der Waals surface area contributed by atoms with Crippen LogP contribution in [0.5, 0.6) is 0 Å². The van der Waals surface area contributed by atoms with Gasteiger partial charge >= 0.3 is 0 Å². The molecule has 4 aromatic rings. The Bertz CT molecular complexity index is 1100. The average molecular weight is 435 g/mol. The lowest BCUT2D eigenvalue weighted by Gasteiger charge is -2.08. The highest BCUT2D eigenvalue weighted by atomic mass is 79.9. The first-order valence-electron chi connectivity index (χ1n) is 8.39. The Labute approximate surface area is 169 Å². The molecule has 3 nitrogen and oxygen atoms in total. The van der Waals surface area contributed by atoms with E-state index >= 15 is 0 Å². The van der Waals surface area contributed by atoms with Gasteiger partial charge < -0.3 is 5.32 Å². The molecule has 0 radical (unpaired) electrons. The van der Waals surface area contributed by atoms with Crippen molar-refractivity contribution >= 4 is 55.2 Å². The Morgan fingerprint density at radius 3 is 2.59 bits per heavy atom. The van der Waals surface area contributed by atoms with E-state index < -0.39 is 0 Å². The van der Waals surface area contributed by atoms with Crippen LogP contribution in [0.25, 0.3) is 26.9 Å². The Morgan fingerprint density at radius 2 is 1.78 bits per heavy atom. The molecule has 0 unspecified atom stereocenters. The second kappa shape index (κ2) is 7.86. The predicted molar refractivity (Wildman–Crippen MR) is 117 cm³/mol. The van der Waals surface area contributed by atoms with E-state index in [0.29, 0.717) is 0 Å². The molecular weight excluding hydrogens is 420 g/mol. The molecule has 27 heavy (non-hydrogen) atoms. The van der Waals surface area contributed by atoms with Crippen molar-refractivity contribution in [1.29, 1.82) is 0 Å². The number of hydrogen-bond donors (Lipinski definition) is 1. The number of benzene rings is 3. The van der Waals surface area contributed by atoms with Crippen LogP contribution in [0.15, 0.2) is 83.3 Å². The Hall–Kier alpha value is -2.76. The minimum Gasteiger partial charge on any atom is -0.322 e. The summed E-state index contributed by atoms with van der Waals surface area (Å²) < 4.78 is 2.06. The van der Waals surface area contributed by atoms with Crippen molar-refractivity contribution in [2.45, 2.75) is 0 Å². The lowest BCUT2D eigenvalue weighted by Crippen LogP contribution is -2.08. The lowest BCUT2D eigenvalue weighted by molar-refractivity contribution is -0.111. The molecule has 0 fully saturated rings. The molecule has 132 valence electrons. The standard InChI is InChI=1S/C22H15BrN2OS/c23-16-11-12-18(24-21(26)13-10-15-6-2-1-3-7-15)17(14-16)22-25-19-8-4-5-9-20(19)27-22/h1-14H,(H,24,26). The predicted octanol–water partition coefficient (Wildman–Crippen LogP) is 6.38. The highest BCUT2D eigenvalue weighted by Gasteiger charge is 2.12. The van der Waals surface area contributed by atoms with Crippen molar-refractivity contribution in [3.8, 4) is 10.6 Å². The molecule has 4 rings (SSSR count). The zero-order chi connectivity index (χ0) is 18.6. The van der Waals surface area contributed by atoms with Crippen LogP contribution in [0.4, 0.5) is 5.69 Å². The molecule has 0 saturated heterocycles. The van der Waals surface area contributed by atoms with Crippen LogP contribution in [0.2, 0.25) is 0 Å². The molecule has 0 saturated carbocycles. The van der Waals surface area contributed by atoms with Crippen LogP contribution in [-0.4, -0.2) is 10.9 Å². The normalized spacial score (nSPS) is 11.1. The summed E-state index contributed by atoms with van der Waals surface area (Å²) in [5, 5.41) is 3.85. The van der Waals surface area contributed by atoms with E-state index in [2.05, 4.69) is 27.3 Å². The summed E-state index contributed by atoms with van der Waals surface area (Å²) >= 11 is 5.12. The van der Waals surface area contributed by atoms with Crippen molar-refractivity contribution in [2.75, 3.05) is 5.32 Å². The first-order valence-corrected chi connectivity index (χ1v) is 9.99. The van der Waals surface area contributed by atoms with E-state index in [4.69, 9.17) is 4.98 Å². The highest BCUT2D eigenvalue weighted by molar-refractivity contribution is 9.10. The number of fused-ring (bicyclic) bond motifs is 1. The van der Waals surface area contributed by atoms with E-state index in [9.17, 15) is 4.79 Å². The third-order valence-electron chi connectivity index (χ3n) is 3.99. The van der Waals surface area contributed by atoms with Gasteiger partial charge in [-0.25, -0.2) is 4.98 Å². The summed E-state index contributed by atoms with van der Waals surface area (Å²) in [6.45, 7) is 0. The maximum atomic E-state index is 12.4. The molecule has 0 aliphatic rings. The van der Waals surface area contributed by atoms with Crippen LogP contribution < -0.4 is 5.32 Å². The second-order valence-corrected chi connectivity index (χ2v) is 7.86. The molecule has 0 spiro atoms. The van der Waals surface area contributed by atoms with E-state index in [0.717, 1.165) is 36.5 Å². The first-order chi connectivity index (χ1) is 13.2. The number of para-hydroxylation sites is 1. The molecule has 0 atom stereocenters. The van der Waals surface area contributed by atoms with Gasteiger partial charge in [-0.05, 0) is 42.0 Å². The summed E-state index contributed by atoms with van der Waals surface area (Å²) in [6.07, 6.45) is 3.34. The van der Waals surface area contributed by atoms with Gasteiger partial charge in [0, 0.05) is 16.1 Å². The fraction of sp³-hybridized carbons (Fsp3) is 0. The van der Waals surface area contributed by atoms with Crippen molar-refractivity contribution in [3.63, 3.8) is 0 Å². The van der Waals surface area contributed by atoms with Crippen molar-refractivity contribution in [1.82, 2.24) is 4.98 Å². The lowest BCUT2D eigenvalue weighted by atomic mass is 10.1. The van der Waals surface area contributed by atoms with Crippen molar-refractivity contribution < 1.29 is 4.79 Å². The third kappa shape index (κ3) is 4.15. The molecule has 1 N–H and O–H groups in total. The summed E-state index contributed by atoms with van der Waals surface area (Å²) in [7, 11) is 0. The molecule has 1 aromatic heterocycles. The number of anilines is 1. The molecule has 0 bridgehead atoms. The summed E-state index contributed by atoms with van der Waals surface area (Å²) in [5.74, 6) is -0.177. The zero-order valence-corrected chi connectivity index (χ0v) is 16.6. The number of nitrogens with one attached hydrogen (secondary N) is 1. The number of rotatable bonds is 4. The molecule has 5 heteroatoms. The summed E-state index contributed by atoms with van der Waals surface area (Å²) in [6, 6.07) is 23.5. The number of hydrogen-bond acceptors (Lipinski definition) is 3. The quantitative estimate of drug-likeness (QED) is 0.378. The van der Waals surface area contributed by atoms with Gasteiger partial charge in [-0.1, -0.05) is 58.4 Å². The van der Waals surface area contributed by atoms with E-state index in [1.165, 1.54) is 0 Å². The highest BCUT2D eigenvalue weighted by Crippen LogP contribution is 2.36. The topological polar surface area (TPSA) is 42.0 Å². The van der Waals surface area contributed by atoms with Gasteiger partial charge in [0.05, 0.1) is 15.9 Å². The maximum absolute atomic E-state index is 12.4. The molecule has 3 aromatic carbocycles. The SMILES string of the molecule is O=C(C=Cc1ccccc1)Nc1ccc(Br)cc1-c1nc2ccccc2s1. The monoisotopic (exact) mass is 434 g/mol. The van der Waals surface area contributed by atoms with Crippen LogP contribution in [0.1, 0.15) is 5.56 Å². The van der Waals surface area contributed by atoms with Crippen LogP contribution in [-0.2, 0) is 4.79 Å². The fourth-order valence-corrected chi connectivity index (χ4v) is 4.06. The van der Waals surface area contributed by atoms with Gasteiger partial charge in [-0.15, -0.1) is 11.3 Å². The van der Waals surface area contributed by atoms with Gasteiger partial charge in [0.25, 0.3) is 0 Å². The van der Waals surface area contributed by atoms with E-state index in [1.807, 2.05) is 66.7 Å². The number of nitrogens with zero attached hydrogens (tertiary/aromatic N) is 1. The smallest absolute Gasteiger partial charge is 0.248 e. The van der Waals surface area contributed by atoms with Crippen LogP contribution in [0.3, 0.4) is 0 Å². The molecular formula is C22H15BrN2OS. The van der Waals surface area contributed by atoms with Crippen LogP contribution >= 0.6 is 27.3 Å². The Morgan fingerprint density at radius 1 is 1.00 bits per heavy atom. The first kappa shape index (κ1) is 17.6. The van der Waals surface area contributed by atoms with Crippen molar-refractivity contribution in [2.24, 2.45) is 0 Å². The van der Waals surface area contributed by atoms with Crippen molar-refractivity contribution in [3.05, 3.63) is 88.9 Å². The second-order valence-electron chi connectivity index (χ2n) is 5.91. The number of thiazole rings is 1. The van der Waals surface area contributed by atoms with E-state index in [-0.39, 0.29) is 5.91 Å². The number of carbonyl (C=O) groups is 1. The van der Waals surface area contributed by atoms with Gasteiger partial charge in [-0.3, -0.25) is 4.79 Å². The average Bonchev–Trinajstić information content (AvgIpc) is 3.12. The molecule has 1 amide bonds. The Balaban J connectivity index is 1.63. The molecule has 0 aliphatic heterocycles. The van der Waals surface area contributed by atoms with Gasteiger partial charge in [0.1, 0.15) is 5.01 Å². The largest absolute Gasteiger partial charge is 0.322 e. The zero-order valence-electron chi connectivity index (χ0n) is 14.2. The number of carbonyl (C=O) groups excluding carboxylic acids is 1. The minimum atomic E-state index is -0.177. The van der Waals surface area contributed by atoms with Gasteiger partial charge in [0.15, 0.2) is 0 Å². The summed E-state index contributed by atoms with van der Waals surface area (Å²) in [5.41, 5.74) is 3.57. The summed E-state index contributed by atoms with van der Waals surface area (Å²) in [4.78, 5) is 17.1. The Kier molecular flexibility index (Phi) is 5.14. The number of aromatic nitrogens is 1. The number of halogens is 1. The molecule has 0 aliphatic carbocycles. The minimum absolute atomic E-state index is 0.177. The maximum Gasteiger partial charge on any atom is 0.248 e.